The van der Waals surface area contributed by atoms with E-state index in [2.05, 4.69) is 4.74 Å². The van der Waals surface area contributed by atoms with Crippen LogP contribution in [-0.4, -0.2) is 67.1 Å². The first-order valence-electron chi connectivity index (χ1n) is 5.94. The smallest absolute Gasteiger partial charge is 0.411 e. The molecule has 1 aliphatic heterocycles. The zero-order valence-corrected chi connectivity index (χ0v) is 10.9. The number of carboxylic acids is 1. The molecule has 1 amide bonds. The lowest BCUT2D eigenvalue weighted by Crippen LogP contribution is -2.41. The largest absolute Gasteiger partial charge is 0.480 e. The molecule has 0 radical (unpaired) electrons. The van der Waals surface area contributed by atoms with Crippen molar-refractivity contribution >= 4 is 11.9 Å². The molecular weight excluding hydrogens is 283 g/mol. The van der Waals surface area contributed by atoms with Gasteiger partial charge in [0.2, 0.25) is 5.91 Å². The minimum absolute atomic E-state index is 0.117. The Labute approximate surface area is 113 Å². The number of alkyl halides is 3. The summed E-state index contributed by atoms with van der Waals surface area (Å²) in [6, 6.07) is -1.00. The average molecular weight is 299 g/mol. The van der Waals surface area contributed by atoms with Crippen LogP contribution in [-0.2, 0) is 19.1 Å². The van der Waals surface area contributed by atoms with E-state index in [9.17, 15) is 22.8 Å². The molecule has 0 spiro atoms. The summed E-state index contributed by atoms with van der Waals surface area (Å²) in [5, 5.41) is 8.99. The first kappa shape index (κ1) is 16.7. The Kier molecular flexibility index (Phi) is 5.75. The fraction of sp³-hybridized carbons (Fsp3) is 0.818. The molecule has 0 aromatic carbocycles. The number of hydrogen-bond donors (Lipinski definition) is 1. The fourth-order valence-electron chi connectivity index (χ4n) is 1.97. The Balaban J connectivity index is 2.43. The van der Waals surface area contributed by atoms with Crippen molar-refractivity contribution < 1.29 is 37.3 Å². The number of carbonyl (C=O) groups excluding carboxylic acids is 1. The number of methoxy groups -OCH3 is 1. The van der Waals surface area contributed by atoms with Gasteiger partial charge in [0.1, 0.15) is 12.6 Å². The number of likely N-dealkylation sites (tertiary alicyclic amines) is 1. The van der Waals surface area contributed by atoms with E-state index in [1.807, 2.05) is 0 Å². The highest BCUT2D eigenvalue weighted by atomic mass is 19.4. The maximum atomic E-state index is 11.8. The van der Waals surface area contributed by atoms with E-state index >= 15 is 0 Å². The van der Waals surface area contributed by atoms with E-state index in [-0.39, 0.29) is 25.5 Å². The number of rotatable bonds is 6. The molecule has 2 atom stereocenters. The second-order valence-corrected chi connectivity index (χ2v) is 4.41. The van der Waals surface area contributed by atoms with Gasteiger partial charge >= 0.3 is 12.1 Å². The van der Waals surface area contributed by atoms with Crippen LogP contribution in [0.5, 0.6) is 0 Å². The number of nitrogens with zero attached hydrogens (tertiary/aromatic N) is 1. The molecule has 1 heterocycles. The molecule has 1 aliphatic rings. The van der Waals surface area contributed by atoms with Crippen LogP contribution in [0.1, 0.15) is 12.8 Å². The SMILES string of the molecule is COC1CC(C(=O)O)N(C(=O)CCOCC(F)(F)F)C1. The van der Waals surface area contributed by atoms with Crippen molar-refractivity contribution in [3.8, 4) is 0 Å². The summed E-state index contributed by atoms with van der Waals surface area (Å²) in [4.78, 5) is 23.9. The molecule has 0 aliphatic carbocycles. The number of carboxylic acid groups (broad SMARTS) is 1. The highest BCUT2D eigenvalue weighted by Gasteiger charge is 2.39. The first-order valence-corrected chi connectivity index (χ1v) is 5.94. The van der Waals surface area contributed by atoms with Crippen LogP contribution >= 0.6 is 0 Å². The topological polar surface area (TPSA) is 76.1 Å². The van der Waals surface area contributed by atoms with E-state index in [4.69, 9.17) is 9.84 Å². The van der Waals surface area contributed by atoms with E-state index in [0.717, 1.165) is 4.90 Å². The van der Waals surface area contributed by atoms with Gasteiger partial charge in [-0.25, -0.2) is 4.79 Å². The summed E-state index contributed by atoms with van der Waals surface area (Å²) < 4.78 is 44.8. The number of hydrogen-bond acceptors (Lipinski definition) is 4. The van der Waals surface area contributed by atoms with Crippen molar-refractivity contribution in [2.24, 2.45) is 0 Å². The Morgan fingerprint density at radius 2 is 2.05 bits per heavy atom. The van der Waals surface area contributed by atoms with Gasteiger partial charge in [-0.05, 0) is 0 Å². The molecule has 1 saturated heterocycles. The second kappa shape index (κ2) is 6.89. The highest BCUT2D eigenvalue weighted by molar-refractivity contribution is 5.84. The van der Waals surface area contributed by atoms with Crippen LogP contribution in [0.4, 0.5) is 13.2 Å². The Hall–Kier alpha value is -1.35. The highest BCUT2D eigenvalue weighted by Crippen LogP contribution is 2.21. The van der Waals surface area contributed by atoms with Crippen LogP contribution in [0.15, 0.2) is 0 Å². The van der Waals surface area contributed by atoms with Crippen LogP contribution in [0.25, 0.3) is 0 Å². The minimum atomic E-state index is -4.44. The normalized spacial score (nSPS) is 23.1. The standard InChI is InChI=1S/C11H16F3NO5/c1-19-7-4-8(10(17)18)15(5-7)9(16)2-3-20-6-11(12,13)14/h7-8H,2-6H2,1H3,(H,17,18). The molecule has 20 heavy (non-hydrogen) atoms. The lowest BCUT2D eigenvalue weighted by Gasteiger charge is -2.21. The monoisotopic (exact) mass is 299 g/mol. The van der Waals surface area contributed by atoms with Crippen LogP contribution < -0.4 is 0 Å². The van der Waals surface area contributed by atoms with Crippen molar-refractivity contribution in [3.05, 3.63) is 0 Å². The lowest BCUT2D eigenvalue weighted by atomic mass is 10.2. The summed E-state index contributed by atoms with van der Waals surface area (Å²) in [5.41, 5.74) is 0. The van der Waals surface area contributed by atoms with Gasteiger partial charge in [-0.15, -0.1) is 0 Å². The van der Waals surface area contributed by atoms with E-state index in [1.54, 1.807) is 0 Å². The number of carbonyl (C=O) groups is 2. The Bertz CT molecular complexity index is 360. The molecular formula is C11H16F3NO5. The van der Waals surface area contributed by atoms with Crippen LogP contribution in [0.2, 0.25) is 0 Å². The van der Waals surface area contributed by atoms with Gasteiger partial charge in [0.15, 0.2) is 0 Å². The van der Waals surface area contributed by atoms with Gasteiger partial charge in [0.25, 0.3) is 0 Å². The third kappa shape index (κ3) is 4.97. The van der Waals surface area contributed by atoms with E-state index in [0.29, 0.717) is 0 Å². The molecule has 0 aromatic heterocycles. The predicted octanol–water partition coefficient (Wildman–Crippen LogP) is 0.656. The summed E-state index contributed by atoms with van der Waals surface area (Å²) in [6.07, 6.45) is -4.95. The average Bonchev–Trinajstić information content (AvgIpc) is 2.77. The van der Waals surface area contributed by atoms with Crippen molar-refractivity contribution in [2.75, 3.05) is 26.9 Å². The molecule has 6 nitrogen and oxygen atoms in total. The van der Waals surface area contributed by atoms with Crippen molar-refractivity contribution in [1.82, 2.24) is 4.90 Å². The molecule has 1 rings (SSSR count). The van der Waals surface area contributed by atoms with Gasteiger partial charge in [0, 0.05) is 20.1 Å². The third-order valence-electron chi connectivity index (χ3n) is 2.93. The van der Waals surface area contributed by atoms with Gasteiger partial charge in [-0.2, -0.15) is 13.2 Å². The minimum Gasteiger partial charge on any atom is -0.480 e. The van der Waals surface area contributed by atoms with Crippen molar-refractivity contribution in [3.63, 3.8) is 0 Å². The number of amides is 1. The zero-order chi connectivity index (χ0) is 15.3. The molecule has 1 N–H and O–H groups in total. The second-order valence-electron chi connectivity index (χ2n) is 4.41. The molecule has 0 aromatic rings. The summed E-state index contributed by atoms with van der Waals surface area (Å²) in [6.45, 7) is -1.71. The quantitative estimate of drug-likeness (QED) is 0.729. The van der Waals surface area contributed by atoms with Crippen molar-refractivity contribution in [2.45, 2.75) is 31.2 Å². The van der Waals surface area contributed by atoms with Gasteiger partial charge in [-0.1, -0.05) is 0 Å². The van der Waals surface area contributed by atoms with Gasteiger partial charge < -0.3 is 19.5 Å². The van der Waals surface area contributed by atoms with Gasteiger partial charge in [0.05, 0.1) is 19.1 Å². The zero-order valence-electron chi connectivity index (χ0n) is 10.9. The summed E-state index contributed by atoms with van der Waals surface area (Å²) in [7, 11) is 1.41. The predicted molar refractivity (Wildman–Crippen MR) is 60.0 cm³/mol. The van der Waals surface area contributed by atoms with E-state index < -0.39 is 37.3 Å². The number of aliphatic carboxylic acids is 1. The van der Waals surface area contributed by atoms with Crippen molar-refractivity contribution in [1.29, 1.82) is 0 Å². The Morgan fingerprint density at radius 3 is 2.55 bits per heavy atom. The third-order valence-corrected chi connectivity index (χ3v) is 2.93. The number of halogens is 3. The van der Waals surface area contributed by atoms with Crippen LogP contribution in [0.3, 0.4) is 0 Å². The maximum Gasteiger partial charge on any atom is 0.411 e. The summed E-state index contributed by atoms with van der Waals surface area (Å²) in [5.74, 6) is -1.71. The molecule has 9 heteroatoms. The molecule has 0 saturated carbocycles. The fourth-order valence-corrected chi connectivity index (χ4v) is 1.97. The molecule has 2 unspecified atom stereocenters. The first-order chi connectivity index (χ1) is 9.24. The van der Waals surface area contributed by atoms with Gasteiger partial charge in [-0.3, -0.25) is 4.79 Å². The molecule has 1 fully saturated rings. The Morgan fingerprint density at radius 1 is 1.40 bits per heavy atom. The van der Waals surface area contributed by atoms with Crippen LogP contribution in [0, 0.1) is 0 Å². The molecule has 116 valence electrons. The maximum absolute atomic E-state index is 11.8. The molecule has 0 bridgehead atoms. The summed E-state index contributed by atoms with van der Waals surface area (Å²) >= 11 is 0. The van der Waals surface area contributed by atoms with E-state index in [1.165, 1.54) is 7.11 Å². The number of ether oxygens (including phenoxy) is 2. The lowest BCUT2D eigenvalue weighted by molar-refractivity contribution is -0.175.